The number of carbonyl (C=O) groups is 1. The van der Waals surface area contributed by atoms with Gasteiger partial charge >= 0.3 is 0 Å². The zero-order valence-electron chi connectivity index (χ0n) is 15.1. The minimum absolute atomic E-state index is 0.162. The summed E-state index contributed by atoms with van der Waals surface area (Å²) >= 11 is 3.39. The quantitative estimate of drug-likeness (QED) is 0.424. The first-order valence-electron chi connectivity index (χ1n) is 8.88. The van der Waals surface area contributed by atoms with Gasteiger partial charge in [0.1, 0.15) is 5.75 Å². The fourth-order valence-electron chi connectivity index (χ4n) is 2.74. The highest BCUT2D eigenvalue weighted by molar-refractivity contribution is 9.10. The van der Waals surface area contributed by atoms with E-state index in [0.29, 0.717) is 6.61 Å². The molecule has 3 rings (SSSR count). The Bertz CT molecular complexity index is 952. The Hall–Kier alpha value is -2.66. The number of hydrogen-bond acceptors (Lipinski definition) is 3. The smallest absolute Gasteiger partial charge is 0.244 e. The molecule has 1 N–H and O–H groups in total. The summed E-state index contributed by atoms with van der Waals surface area (Å²) in [5, 5.41) is 6.30. The highest BCUT2D eigenvalue weighted by Gasteiger charge is 2.07. The molecule has 27 heavy (non-hydrogen) atoms. The first-order valence-corrected chi connectivity index (χ1v) is 9.67. The molecule has 0 bridgehead atoms. The maximum Gasteiger partial charge on any atom is 0.244 e. The lowest BCUT2D eigenvalue weighted by atomic mass is 10.0. The number of halogens is 1. The molecule has 0 radical (unpaired) electrons. The second-order valence-corrected chi connectivity index (χ2v) is 7.06. The Morgan fingerprint density at radius 1 is 1.11 bits per heavy atom. The van der Waals surface area contributed by atoms with Gasteiger partial charge in [0.05, 0.1) is 19.2 Å². The van der Waals surface area contributed by atoms with Crippen LogP contribution in [0.4, 0.5) is 0 Å². The summed E-state index contributed by atoms with van der Waals surface area (Å²) in [6, 6.07) is 19.7. The van der Waals surface area contributed by atoms with Gasteiger partial charge in [0.15, 0.2) is 0 Å². The number of hydrazone groups is 1. The topological polar surface area (TPSA) is 50.7 Å². The summed E-state index contributed by atoms with van der Waals surface area (Å²) in [7, 11) is 0. The molecule has 0 aliphatic rings. The third-order valence-electron chi connectivity index (χ3n) is 4.05. The van der Waals surface area contributed by atoms with Crippen LogP contribution in [-0.2, 0) is 11.2 Å². The summed E-state index contributed by atoms with van der Waals surface area (Å²) in [6.07, 6.45) is 2.86. The normalized spacial score (nSPS) is 11.0. The molecular weight excluding hydrogens is 404 g/mol. The van der Waals surface area contributed by atoms with Crippen molar-refractivity contribution in [1.82, 2.24) is 5.43 Å². The van der Waals surface area contributed by atoms with Crippen molar-refractivity contribution in [3.8, 4) is 5.75 Å². The summed E-state index contributed by atoms with van der Waals surface area (Å²) in [5.74, 6) is 0.603. The predicted octanol–water partition coefficient (Wildman–Crippen LogP) is 5.08. The fraction of sp³-hybridized carbons (Fsp3) is 0.182. The molecule has 0 saturated carbocycles. The van der Waals surface area contributed by atoms with Crippen molar-refractivity contribution in [3.05, 3.63) is 76.3 Å². The van der Waals surface area contributed by atoms with Crippen molar-refractivity contribution in [2.45, 2.75) is 19.8 Å². The van der Waals surface area contributed by atoms with E-state index >= 15 is 0 Å². The largest absolute Gasteiger partial charge is 0.493 e. The zero-order chi connectivity index (χ0) is 19.1. The Morgan fingerprint density at radius 2 is 1.89 bits per heavy atom. The van der Waals surface area contributed by atoms with Crippen molar-refractivity contribution < 1.29 is 9.53 Å². The van der Waals surface area contributed by atoms with E-state index < -0.39 is 0 Å². The van der Waals surface area contributed by atoms with E-state index in [1.165, 1.54) is 0 Å². The number of amides is 1. The van der Waals surface area contributed by atoms with Crippen LogP contribution in [0.15, 0.2) is 70.2 Å². The Kier molecular flexibility index (Phi) is 6.60. The van der Waals surface area contributed by atoms with Gasteiger partial charge < -0.3 is 4.74 Å². The third-order valence-corrected chi connectivity index (χ3v) is 4.58. The first-order chi connectivity index (χ1) is 13.2. The number of nitrogens with one attached hydrogen (secondary N) is 1. The van der Waals surface area contributed by atoms with E-state index in [1.807, 2.05) is 60.7 Å². The average Bonchev–Trinajstić information content (AvgIpc) is 2.69. The van der Waals surface area contributed by atoms with E-state index in [9.17, 15) is 4.79 Å². The molecule has 0 spiro atoms. The van der Waals surface area contributed by atoms with Crippen LogP contribution in [0.1, 0.15) is 24.5 Å². The monoisotopic (exact) mass is 424 g/mol. The van der Waals surface area contributed by atoms with Gasteiger partial charge in [-0.1, -0.05) is 65.3 Å². The van der Waals surface area contributed by atoms with Gasteiger partial charge in [-0.3, -0.25) is 4.79 Å². The van der Waals surface area contributed by atoms with Crippen LogP contribution < -0.4 is 10.2 Å². The summed E-state index contributed by atoms with van der Waals surface area (Å²) in [6.45, 7) is 2.70. The number of fused-ring (bicyclic) bond motifs is 1. The van der Waals surface area contributed by atoms with Crippen LogP contribution in [0.25, 0.3) is 10.8 Å². The standard InChI is InChI=1S/C22H21BrN2O2/c1-2-13-27-21-12-9-17-5-3-4-6-19(17)20(21)15-24-25-22(26)14-16-7-10-18(23)11-8-16/h3-12,15H,2,13-14H2,1H3,(H,25,26)/b24-15+. The second-order valence-electron chi connectivity index (χ2n) is 6.14. The first kappa shape index (κ1) is 19.1. The van der Waals surface area contributed by atoms with Crippen LogP contribution in [0.3, 0.4) is 0 Å². The number of nitrogens with zero attached hydrogens (tertiary/aromatic N) is 1. The Balaban J connectivity index is 1.75. The number of carbonyl (C=O) groups excluding carboxylic acids is 1. The predicted molar refractivity (Wildman–Crippen MR) is 113 cm³/mol. The van der Waals surface area contributed by atoms with E-state index in [4.69, 9.17) is 4.74 Å². The van der Waals surface area contributed by atoms with Crippen LogP contribution >= 0.6 is 15.9 Å². The van der Waals surface area contributed by atoms with Gasteiger partial charge in [0.25, 0.3) is 0 Å². The zero-order valence-corrected chi connectivity index (χ0v) is 16.7. The molecule has 5 heteroatoms. The third kappa shape index (κ3) is 5.17. The Morgan fingerprint density at radius 3 is 2.67 bits per heavy atom. The van der Waals surface area contributed by atoms with Crippen LogP contribution in [-0.4, -0.2) is 18.7 Å². The molecule has 4 nitrogen and oxygen atoms in total. The lowest BCUT2D eigenvalue weighted by Crippen LogP contribution is -2.19. The van der Waals surface area contributed by atoms with Crippen molar-refractivity contribution in [3.63, 3.8) is 0 Å². The fourth-order valence-corrected chi connectivity index (χ4v) is 3.01. The summed E-state index contributed by atoms with van der Waals surface area (Å²) < 4.78 is 6.84. The number of hydrogen-bond donors (Lipinski definition) is 1. The molecule has 0 aliphatic carbocycles. The lowest BCUT2D eigenvalue weighted by molar-refractivity contribution is -0.120. The number of ether oxygens (including phenoxy) is 1. The summed E-state index contributed by atoms with van der Waals surface area (Å²) in [4.78, 5) is 12.1. The molecule has 3 aromatic carbocycles. The summed E-state index contributed by atoms with van der Waals surface area (Å²) in [5.41, 5.74) is 4.41. The molecule has 0 aliphatic heterocycles. The molecule has 1 amide bonds. The average molecular weight is 425 g/mol. The van der Waals surface area contributed by atoms with Gasteiger partial charge in [-0.05, 0) is 41.0 Å². The van der Waals surface area contributed by atoms with E-state index in [-0.39, 0.29) is 12.3 Å². The van der Waals surface area contributed by atoms with Gasteiger partial charge in [-0.2, -0.15) is 5.10 Å². The molecule has 0 saturated heterocycles. The van der Waals surface area contributed by atoms with Crippen molar-refractivity contribution >= 4 is 38.8 Å². The van der Waals surface area contributed by atoms with Gasteiger partial charge in [-0.15, -0.1) is 0 Å². The molecule has 0 aromatic heterocycles. The minimum atomic E-state index is -0.162. The molecule has 0 unspecified atom stereocenters. The minimum Gasteiger partial charge on any atom is -0.493 e. The molecular formula is C22H21BrN2O2. The lowest BCUT2D eigenvalue weighted by Gasteiger charge is -2.11. The SMILES string of the molecule is CCCOc1ccc2ccccc2c1/C=N/NC(=O)Cc1ccc(Br)cc1. The van der Waals surface area contributed by atoms with Gasteiger partial charge in [0.2, 0.25) is 5.91 Å². The van der Waals surface area contributed by atoms with E-state index in [1.54, 1.807) is 6.21 Å². The Labute approximate surface area is 167 Å². The molecule has 0 atom stereocenters. The van der Waals surface area contributed by atoms with Crippen LogP contribution in [0, 0.1) is 0 Å². The second kappa shape index (κ2) is 9.33. The highest BCUT2D eigenvalue weighted by atomic mass is 79.9. The van der Waals surface area contributed by atoms with E-state index in [0.717, 1.165) is 38.5 Å². The highest BCUT2D eigenvalue weighted by Crippen LogP contribution is 2.26. The van der Waals surface area contributed by atoms with Crippen LogP contribution in [0.5, 0.6) is 5.75 Å². The maximum atomic E-state index is 12.1. The molecule has 138 valence electrons. The van der Waals surface area contributed by atoms with E-state index in [2.05, 4.69) is 33.4 Å². The number of rotatable bonds is 7. The molecule has 0 heterocycles. The molecule has 3 aromatic rings. The maximum absolute atomic E-state index is 12.1. The van der Waals surface area contributed by atoms with Crippen molar-refractivity contribution in [2.24, 2.45) is 5.10 Å². The van der Waals surface area contributed by atoms with Crippen molar-refractivity contribution in [1.29, 1.82) is 0 Å². The molecule has 0 fully saturated rings. The van der Waals surface area contributed by atoms with Crippen molar-refractivity contribution in [2.75, 3.05) is 6.61 Å². The van der Waals surface area contributed by atoms with Gasteiger partial charge in [-0.25, -0.2) is 5.43 Å². The number of benzene rings is 3. The van der Waals surface area contributed by atoms with Gasteiger partial charge in [0, 0.05) is 10.0 Å². The van der Waals surface area contributed by atoms with Crippen LogP contribution in [0.2, 0.25) is 0 Å².